The number of hydrogen-bond donors (Lipinski definition) is 1. The highest BCUT2D eigenvalue weighted by Gasteiger charge is 2.21. The zero-order valence-electron chi connectivity index (χ0n) is 14.5. The molecule has 1 aromatic carbocycles. The molecule has 1 atom stereocenters. The Morgan fingerprint density at radius 1 is 1.35 bits per heavy atom. The van der Waals surface area contributed by atoms with E-state index < -0.39 is 0 Å². The second-order valence-electron chi connectivity index (χ2n) is 6.44. The predicted octanol–water partition coefficient (Wildman–Crippen LogP) is 3.02. The lowest BCUT2D eigenvalue weighted by Gasteiger charge is -2.32. The van der Waals surface area contributed by atoms with Crippen molar-refractivity contribution in [3.05, 3.63) is 42.2 Å². The van der Waals surface area contributed by atoms with Gasteiger partial charge in [-0.2, -0.15) is 0 Å². The average molecular weight is 368 g/mol. The van der Waals surface area contributed by atoms with E-state index in [0.29, 0.717) is 25.6 Å². The van der Waals surface area contributed by atoms with Crippen LogP contribution in [0.3, 0.4) is 0 Å². The molecule has 4 rings (SSSR count). The number of nitrogens with zero attached hydrogens (tertiary/aromatic N) is 3. The van der Waals surface area contributed by atoms with Crippen molar-refractivity contribution in [1.82, 2.24) is 14.9 Å². The maximum absolute atomic E-state index is 12.4. The van der Waals surface area contributed by atoms with Crippen molar-refractivity contribution in [3.63, 3.8) is 0 Å². The van der Waals surface area contributed by atoms with Crippen LogP contribution in [0.4, 0.5) is 5.82 Å². The molecule has 1 fully saturated rings. The average Bonchev–Trinajstić information content (AvgIpc) is 3.18. The first kappa shape index (κ1) is 17.1. The fraction of sp³-hybridized carbons (Fsp3) is 0.316. The minimum atomic E-state index is -0.0517. The number of morpholine rings is 1. The van der Waals surface area contributed by atoms with Crippen LogP contribution in [0.1, 0.15) is 6.92 Å². The van der Waals surface area contributed by atoms with Crippen LogP contribution in [0, 0.1) is 0 Å². The van der Waals surface area contributed by atoms with Crippen molar-refractivity contribution >= 4 is 33.8 Å². The zero-order chi connectivity index (χ0) is 17.9. The van der Waals surface area contributed by atoms with Gasteiger partial charge in [-0.25, -0.2) is 4.98 Å². The number of nitrogens with one attached hydrogen (secondary N) is 1. The van der Waals surface area contributed by atoms with Crippen molar-refractivity contribution in [3.8, 4) is 10.4 Å². The van der Waals surface area contributed by atoms with Crippen molar-refractivity contribution in [2.24, 2.45) is 0 Å². The largest absolute Gasteiger partial charge is 0.379 e. The zero-order valence-corrected chi connectivity index (χ0v) is 15.3. The lowest BCUT2D eigenvalue weighted by Crippen LogP contribution is -2.47. The molecule has 7 heteroatoms. The Hall–Kier alpha value is -2.35. The summed E-state index contributed by atoms with van der Waals surface area (Å²) in [5.74, 6) is 0.522. The van der Waals surface area contributed by atoms with Crippen molar-refractivity contribution in [1.29, 1.82) is 0 Å². The fourth-order valence-corrected chi connectivity index (χ4v) is 3.70. The summed E-state index contributed by atoms with van der Waals surface area (Å²) < 4.78 is 5.41. The van der Waals surface area contributed by atoms with Crippen LogP contribution >= 0.6 is 11.3 Å². The standard InChI is InChI=1S/C19H20N4O2S/c1-13-11-25-5-4-23(13)10-19(24)22-18-7-16-6-14(17-9-20-12-26-17)2-3-15(16)8-21-18/h2-3,6-9,12-13H,4-5,10-11H2,1H3,(H,21,22,24)/t13-/m0/s1. The van der Waals surface area contributed by atoms with Crippen LogP contribution in [0.25, 0.3) is 21.2 Å². The van der Waals surface area contributed by atoms with Crippen LogP contribution in [-0.4, -0.2) is 53.1 Å². The van der Waals surface area contributed by atoms with Gasteiger partial charge in [0.15, 0.2) is 0 Å². The van der Waals surface area contributed by atoms with Crippen LogP contribution in [-0.2, 0) is 9.53 Å². The molecule has 1 aliphatic heterocycles. The molecule has 134 valence electrons. The summed E-state index contributed by atoms with van der Waals surface area (Å²) >= 11 is 1.61. The van der Waals surface area contributed by atoms with Gasteiger partial charge in [0.05, 0.1) is 30.1 Å². The molecule has 0 unspecified atom stereocenters. The number of rotatable bonds is 4. The van der Waals surface area contributed by atoms with E-state index in [2.05, 4.69) is 39.2 Å². The van der Waals surface area contributed by atoms with E-state index in [4.69, 9.17) is 4.74 Å². The molecule has 2 aromatic heterocycles. The molecule has 1 aliphatic rings. The van der Waals surface area contributed by atoms with E-state index in [1.807, 2.05) is 23.8 Å². The van der Waals surface area contributed by atoms with Crippen molar-refractivity contribution in [2.75, 3.05) is 31.6 Å². The molecule has 1 amide bonds. The second kappa shape index (κ2) is 7.49. The Morgan fingerprint density at radius 2 is 2.27 bits per heavy atom. The third kappa shape index (κ3) is 3.75. The fourth-order valence-electron chi connectivity index (χ4n) is 3.08. The van der Waals surface area contributed by atoms with Gasteiger partial charge >= 0.3 is 0 Å². The summed E-state index contributed by atoms with van der Waals surface area (Å²) in [6.07, 6.45) is 3.65. The molecule has 0 saturated carbocycles. The van der Waals surface area contributed by atoms with Crippen LogP contribution in [0.2, 0.25) is 0 Å². The molecule has 0 spiro atoms. The summed E-state index contributed by atoms with van der Waals surface area (Å²) in [5, 5.41) is 5.00. The summed E-state index contributed by atoms with van der Waals surface area (Å²) in [5.41, 5.74) is 2.94. The van der Waals surface area contributed by atoms with Crippen LogP contribution in [0.5, 0.6) is 0 Å². The molecule has 1 saturated heterocycles. The van der Waals surface area contributed by atoms with E-state index in [0.717, 1.165) is 27.8 Å². The predicted molar refractivity (Wildman–Crippen MR) is 103 cm³/mol. The minimum absolute atomic E-state index is 0.0517. The summed E-state index contributed by atoms with van der Waals surface area (Å²) in [6, 6.07) is 8.37. The SMILES string of the molecule is C[C@H]1COCCN1CC(=O)Nc1cc2cc(-c3cncs3)ccc2cn1. The van der Waals surface area contributed by atoms with Gasteiger partial charge in [-0.05, 0) is 30.0 Å². The number of ether oxygens (including phenoxy) is 1. The monoisotopic (exact) mass is 368 g/mol. The number of carbonyl (C=O) groups excluding carboxylic acids is 1. The number of amides is 1. The van der Waals surface area contributed by atoms with Crippen LogP contribution < -0.4 is 5.32 Å². The number of carbonyl (C=O) groups is 1. The Morgan fingerprint density at radius 3 is 3.08 bits per heavy atom. The van der Waals surface area contributed by atoms with Gasteiger partial charge in [0.1, 0.15) is 5.82 Å². The highest BCUT2D eigenvalue weighted by molar-refractivity contribution is 7.13. The third-order valence-corrected chi connectivity index (χ3v) is 5.38. The van der Waals surface area contributed by atoms with E-state index in [1.54, 1.807) is 17.5 Å². The molecule has 3 heterocycles. The molecule has 1 N–H and O–H groups in total. The topological polar surface area (TPSA) is 67.3 Å². The maximum Gasteiger partial charge on any atom is 0.239 e. The molecule has 0 bridgehead atoms. The minimum Gasteiger partial charge on any atom is -0.379 e. The van der Waals surface area contributed by atoms with Gasteiger partial charge in [-0.1, -0.05) is 12.1 Å². The van der Waals surface area contributed by atoms with Gasteiger partial charge in [-0.3, -0.25) is 14.7 Å². The number of hydrogen-bond acceptors (Lipinski definition) is 6. The van der Waals surface area contributed by atoms with Crippen molar-refractivity contribution < 1.29 is 9.53 Å². The number of pyridine rings is 1. The van der Waals surface area contributed by atoms with E-state index >= 15 is 0 Å². The number of anilines is 1. The van der Waals surface area contributed by atoms with Gasteiger partial charge in [0.25, 0.3) is 0 Å². The van der Waals surface area contributed by atoms with Gasteiger partial charge in [-0.15, -0.1) is 11.3 Å². The number of aromatic nitrogens is 2. The molecular formula is C19H20N4O2S. The molecule has 0 radical (unpaired) electrons. The normalized spacial score (nSPS) is 18.1. The highest BCUT2D eigenvalue weighted by Crippen LogP contribution is 2.27. The summed E-state index contributed by atoms with van der Waals surface area (Å²) in [6.45, 7) is 4.54. The quantitative estimate of drug-likeness (QED) is 0.767. The maximum atomic E-state index is 12.4. The summed E-state index contributed by atoms with van der Waals surface area (Å²) in [4.78, 5) is 24.1. The van der Waals surface area contributed by atoms with Crippen molar-refractivity contribution in [2.45, 2.75) is 13.0 Å². The Kier molecular flexibility index (Phi) is 4.92. The number of thiazole rings is 1. The van der Waals surface area contributed by atoms with Gasteiger partial charge < -0.3 is 10.1 Å². The summed E-state index contributed by atoms with van der Waals surface area (Å²) in [7, 11) is 0. The third-order valence-electron chi connectivity index (χ3n) is 4.56. The number of fused-ring (bicyclic) bond motifs is 1. The van der Waals surface area contributed by atoms with Gasteiger partial charge in [0.2, 0.25) is 5.91 Å². The first-order chi connectivity index (χ1) is 12.7. The Labute approximate surface area is 155 Å². The smallest absolute Gasteiger partial charge is 0.239 e. The Bertz CT molecular complexity index is 913. The molecule has 3 aromatic rings. The van der Waals surface area contributed by atoms with E-state index in [9.17, 15) is 4.79 Å². The molecule has 0 aliphatic carbocycles. The van der Waals surface area contributed by atoms with Gasteiger partial charge in [0, 0.05) is 30.4 Å². The van der Waals surface area contributed by atoms with E-state index in [-0.39, 0.29) is 11.9 Å². The lowest BCUT2D eigenvalue weighted by atomic mass is 10.1. The molecular weight excluding hydrogens is 348 g/mol. The Balaban J connectivity index is 1.50. The number of benzene rings is 1. The first-order valence-corrected chi connectivity index (χ1v) is 9.47. The van der Waals surface area contributed by atoms with E-state index in [1.165, 1.54) is 0 Å². The highest BCUT2D eigenvalue weighted by atomic mass is 32.1. The van der Waals surface area contributed by atoms with Crippen LogP contribution in [0.15, 0.2) is 42.2 Å². The first-order valence-electron chi connectivity index (χ1n) is 8.59. The molecule has 26 heavy (non-hydrogen) atoms. The lowest BCUT2D eigenvalue weighted by molar-refractivity contribution is -0.119. The molecule has 6 nitrogen and oxygen atoms in total. The second-order valence-corrected chi connectivity index (χ2v) is 7.33.